The lowest BCUT2D eigenvalue weighted by Gasteiger charge is -2.48. The number of hydrogen-bond acceptors (Lipinski definition) is 1. The summed E-state index contributed by atoms with van der Waals surface area (Å²) in [6, 6.07) is 27.4. The number of piperidine rings is 1. The molecule has 4 aromatic rings. The topological polar surface area (TPSA) is 12.0 Å². The third-order valence-electron chi connectivity index (χ3n) is 11.3. The highest BCUT2D eigenvalue weighted by atomic mass is 79.9. The Bertz CT molecular complexity index is 1780. The number of aryl methyl sites for hydroxylation is 1. The highest BCUT2D eigenvalue weighted by Crippen LogP contribution is 2.52. The van der Waals surface area contributed by atoms with Crippen molar-refractivity contribution in [3.05, 3.63) is 119 Å². The molecule has 286 valence electrons. The molecule has 2 atom stereocenters. The number of rotatable bonds is 12. The van der Waals surface area contributed by atoms with Crippen LogP contribution in [0, 0.1) is 12.8 Å². The number of unbranched alkanes of at least 4 members (excludes halogenated alkanes) is 2. The van der Waals surface area contributed by atoms with Crippen molar-refractivity contribution < 1.29 is 26.3 Å². The molecule has 1 aliphatic heterocycles. The predicted molar refractivity (Wildman–Crippen MR) is 210 cm³/mol. The van der Waals surface area contributed by atoms with Crippen LogP contribution in [0.4, 0.5) is 26.3 Å². The van der Waals surface area contributed by atoms with Crippen molar-refractivity contribution in [1.82, 2.24) is 5.32 Å². The van der Waals surface area contributed by atoms with E-state index in [4.69, 9.17) is 0 Å². The Balaban J connectivity index is 1.47. The molecule has 4 aromatic carbocycles. The number of nitrogens with one attached hydrogen (secondary N) is 1. The van der Waals surface area contributed by atoms with Crippen LogP contribution in [0.25, 0.3) is 22.3 Å². The minimum Gasteiger partial charge on any atom is -0.307 e. The monoisotopic (exact) mass is 799 g/mol. The van der Waals surface area contributed by atoms with Gasteiger partial charge in [-0.2, -0.15) is 26.3 Å². The van der Waals surface area contributed by atoms with Crippen molar-refractivity contribution in [2.45, 2.75) is 121 Å². The van der Waals surface area contributed by atoms with Crippen LogP contribution in [-0.4, -0.2) is 28.8 Å². The van der Waals surface area contributed by atoms with E-state index in [1.807, 2.05) is 58.9 Å². The average molecular weight is 801 g/mol. The van der Waals surface area contributed by atoms with E-state index in [0.717, 1.165) is 28.4 Å². The number of alkyl halides is 7. The largest absolute Gasteiger partial charge is 0.402 e. The molecule has 0 radical (unpaired) electrons. The first-order valence-corrected chi connectivity index (χ1v) is 19.7. The van der Waals surface area contributed by atoms with Gasteiger partial charge in [-0.3, -0.25) is 0 Å². The molecule has 1 aliphatic rings. The van der Waals surface area contributed by atoms with Crippen LogP contribution in [0.3, 0.4) is 0 Å². The van der Waals surface area contributed by atoms with Gasteiger partial charge in [-0.25, -0.2) is 0 Å². The van der Waals surface area contributed by atoms with Gasteiger partial charge in [-0.15, -0.1) is 0 Å². The van der Waals surface area contributed by atoms with Gasteiger partial charge in [0.2, 0.25) is 0 Å². The minimum absolute atomic E-state index is 0.0275. The lowest BCUT2D eigenvalue weighted by atomic mass is 9.67. The summed E-state index contributed by atoms with van der Waals surface area (Å²) in [5, 5.41) is 4.29. The Morgan fingerprint density at radius 2 is 0.981 bits per heavy atom. The van der Waals surface area contributed by atoms with Crippen LogP contribution in [0.5, 0.6) is 0 Å². The number of halogens is 7. The lowest BCUT2D eigenvalue weighted by molar-refractivity contribution is -0.192. The minimum atomic E-state index is -4.59. The van der Waals surface area contributed by atoms with Crippen LogP contribution in [0.2, 0.25) is 0 Å². The Kier molecular flexibility index (Phi) is 12.1. The van der Waals surface area contributed by atoms with Crippen molar-refractivity contribution in [2.75, 3.05) is 5.33 Å². The molecule has 0 amide bonds. The first kappa shape index (κ1) is 41.1. The molecule has 8 heteroatoms. The van der Waals surface area contributed by atoms with E-state index in [1.54, 1.807) is 48.5 Å². The zero-order valence-electron chi connectivity index (χ0n) is 31.6. The molecule has 53 heavy (non-hydrogen) atoms. The van der Waals surface area contributed by atoms with Crippen LogP contribution >= 0.6 is 15.9 Å². The Hall–Kier alpha value is -3.10. The summed E-state index contributed by atoms with van der Waals surface area (Å²) in [6.45, 7) is 11.4. The van der Waals surface area contributed by atoms with Crippen molar-refractivity contribution >= 4 is 15.9 Å². The maximum atomic E-state index is 15.5. The molecular formula is C45H52BrF6N. The third-order valence-corrected chi connectivity index (χ3v) is 11.8. The zero-order valence-corrected chi connectivity index (χ0v) is 33.2. The van der Waals surface area contributed by atoms with Gasteiger partial charge in [0.05, 0.1) is 5.41 Å². The fourth-order valence-electron chi connectivity index (χ4n) is 8.91. The van der Waals surface area contributed by atoms with Gasteiger partial charge in [0, 0.05) is 16.4 Å². The predicted octanol–water partition coefficient (Wildman–Crippen LogP) is 13.9. The molecular weight excluding hydrogens is 748 g/mol. The van der Waals surface area contributed by atoms with Crippen LogP contribution in [-0.2, 0) is 10.8 Å². The Labute approximate surface area is 320 Å². The van der Waals surface area contributed by atoms with Gasteiger partial charge in [0.1, 0.15) is 5.41 Å². The molecule has 1 nitrogen and oxygen atoms in total. The second-order valence-electron chi connectivity index (χ2n) is 16.7. The van der Waals surface area contributed by atoms with E-state index in [2.05, 4.69) is 21.2 Å². The van der Waals surface area contributed by atoms with E-state index in [9.17, 15) is 13.2 Å². The van der Waals surface area contributed by atoms with E-state index in [-0.39, 0.29) is 46.5 Å². The molecule has 0 spiro atoms. The van der Waals surface area contributed by atoms with Gasteiger partial charge in [-0.05, 0) is 119 Å². The molecule has 0 bridgehead atoms. The zero-order chi connectivity index (χ0) is 38.9. The van der Waals surface area contributed by atoms with Crippen molar-refractivity contribution in [3.8, 4) is 22.3 Å². The average Bonchev–Trinajstić information content (AvgIpc) is 3.07. The quantitative estimate of drug-likeness (QED) is 0.0855. The number of hydrogen-bond donors (Lipinski definition) is 1. The van der Waals surface area contributed by atoms with E-state index in [0.29, 0.717) is 36.8 Å². The molecule has 0 aliphatic carbocycles. The maximum absolute atomic E-state index is 15.5. The maximum Gasteiger partial charge on any atom is 0.402 e. The summed E-state index contributed by atoms with van der Waals surface area (Å²) in [4.78, 5) is 0. The summed E-state index contributed by atoms with van der Waals surface area (Å²) in [7, 11) is 0. The molecule has 5 rings (SSSR count). The van der Waals surface area contributed by atoms with E-state index in [1.165, 1.54) is 31.2 Å². The highest BCUT2D eigenvalue weighted by molar-refractivity contribution is 9.09. The van der Waals surface area contributed by atoms with Crippen LogP contribution in [0.1, 0.15) is 102 Å². The third kappa shape index (κ3) is 9.07. The first-order valence-electron chi connectivity index (χ1n) is 18.6. The summed E-state index contributed by atoms with van der Waals surface area (Å²) >= 11 is 3.40. The van der Waals surface area contributed by atoms with Crippen molar-refractivity contribution in [2.24, 2.45) is 5.92 Å². The SMILES string of the molecule is Cc1ccc(-c2ccc(C(CCCCCBr)(c3ccc(-c4ccc(C(C)(CC5CC(C)(C)NC(C)(C)C5)C(F)(F)F)cc4)cc3)C(F)(F)F)cc2)cc1. The molecule has 1 saturated heterocycles. The first-order chi connectivity index (χ1) is 24.7. The normalized spacial score (nSPS) is 18.7. The van der Waals surface area contributed by atoms with Gasteiger partial charge in [0.15, 0.2) is 0 Å². The van der Waals surface area contributed by atoms with E-state index < -0.39 is 23.2 Å². The van der Waals surface area contributed by atoms with Crippen LogP contribution < -0.4 is 5.32 Å². The highest BCUT2D eigenvalue weighted by Gasteiger charge is 2.57. The summed E-state index contributed by atoms with van der Waals surface area (Å²) in [6.07, 6.45) is -6.10. The molecule has 1 heterocycles. The van der Waals surface area contributed by atoms with Crippen LogP contribution in [0.15, 0.2) is 97.1 Å². The molecule has 0 aromatic heterocycles. The van der Waals surface area contributed by atoms with Gasteiger partial charge in [0.25, 0.3) is 0 Å². The molecule has 1 fully saturated rings. The molecule has 0 saturated carbocycles. The fourth-order valence-corrected chi connectivity index (χ4v) is 9.31. The summed E-state index contributed by atoms with van der Waals surface area (Å²) in [5.74, 6) is -0.132. The second-order valence-corrected chi connectivity index (χ2v) is 17.5. The molecule has 2 unspecified atom stereocenters. The number of benzene rings is 4. The Morgan fingerprint density at radius 1 is 0.585 bits per heavy atom. The molecule has 1 N–H and O–H groups in total. The second kappa shape index (κ2) is 15.6. The summed E-state index contributed by atoms with van der Waals surface area (Å²) < 4.78 is 91.3. The standard InChI is InChI=1S/C45H52BrF6N/c1-31-10-12-33(13-11-31)35-16-22-38(23-17-35)43(45(50,51)52,26-8-7-9-27-46)39-24-18-36(19-25-39)34-14-20-37(21-15-34)42(6,44(47,48)49)30-32-28-40(2,3)53-41(4,5)29-32/h10-25,32,53H,7-9,26-30H2,1-6H3. The summed E-state index contributed by atoms with van der Waals surface area (Å²) in [5.41, 5.74) is -0.178. The van der Waals surface area contributed by atoms with Gasteiger partial charge in [-0.1, -0.05) is 131 Å². The van der Waals surface area contributed by atoms with Crippen molar-refractivity contribution in [1.29, 1.82) is 0 Å². The van der Waals surface area contributed by atoms with E-state index >= 15 is 13.2 Å². The smallest absolute Gasteiger partial charge is 0.307 e. The van der Waals surface area contributed by atoms with Crippen molar-refractivity contribution in [3.63, 3.8) is 0 Å². The Morgan fingerprint density at radius 3 is 1.36 bits per heavy atom. The lowest BCUT2D eigenvalue weighted by Crippen LogP contribution is -2.58. The van der Waals surface area contributed by atoms with Gasteiger partial charge >= 0.3 is 12.4 Å². The van der Waals surface area contributed by atoms with Gasteiger partial charge < -0.3 is 5.32 Å². The fraction of sp³-hybridized carbons (Fsp3) is 0.467.